The van der Waals surface area contributed by atoms with Gasteiger partial charge in [-0.25, -0.2) is 4.79 Å². The van der Waals surface area contributed by atoms with Crippen LogP contribution in [0.15, 0.2) is 71.5 Å². The van der Waals surface area contributed by atoms with Gasteiger partial charge in [0, 0.05) is 24.7 Å². The second-order valence-electron chi connectivity index (χ2n) is 7.09. The lowest BCUT2D eigenvalue weighted by atomic mass is 10.0. The van der Waals surface area contributed by atoms with Gasteiger partial charge in [0.15, 0.2) is 0 Å². The number of aromatic nitrogens is 3. The van der Waals surface area contributed by atoms with Gasteiger partial charge < -0.3 is 0 Å². The van der Waals surface area contributed by atoms with Crippen molar-refractivity contribution in [3.63, 3.8) is 0 Å². The number of fused-ring (bicyclic) bond motifs is 2. The zero-order valence-electron chi connectivity index (χ0n) is 15.3. The lowest BCUT2D eigenvalue weighted by Gasteiger charge is -2.26. The molecule has 28 heavy (non-hydrogen) atoms. The summed E-state index contributed by atoms with van der Waals surface area (Å²) in [6.07, 6.45) is 0. The minimum absolute atomic E-state index is 0.0952. The summed E-state index contributed by atoms with van der Waals surface area (Å²) in [6.45, 7) is 2.96. The van der Waals surface area contributed by atoms with Crippen LogP contribution in [-0.2, 0) is 19.6 Å². The molecule has 1 aliphatic rings. The SMILES string of the molecule is O=c1n(-c2ccc(Cl)cc2)nc2n1CCN(Cc1cccc3ccccc13)C2. The van der Waals surface area contributed by atoms with E-state index in [0.717, 1.165) is 24.6 Å². The number of benzene rings is 3. The monoisotopic (exact) mass is 390 g/mol. The summed E-state index contributed by atoms with van der Waals surface area (Å²) in [6, 6.07) is 22.0. The largest absolute Gasteiger partial charge is 0.350 e. The molecule has 1 aromatic heterocycles. The van der Waals surface area contributed by atoms with Crippen LogP contribution < -0.4 is 5.69 Å². The molecule has 4 aromatic rings. The van der Waals surface area contributed by atoms with Gasteiger partial charge in [0.05, 0.1) is 12.2 Å². The van der Waals surface area contributed by atoms with Crippen LogP contribution in [0.4, 0.5) is 0 Å². The Morgan fingerprint density at radius 3 is 2.57 bits per heavy atom. The van der Waals surface area contributed by atoms with Crippen LogP contribution in [0.5, 0.6) is 0 Å². The lowest BCUT2D eigenvalue weighted by molar-refractivity contribution is 0.208. The van der Waals surface area contributed by atoms with E-state index in [1.807, 2.05) is 12.1 Å². The molecule has 6 heteroatoms. The first kappa shape index (κ1) is 17.2. The predicted molar refractivity (Wildman–Crippen MR) is 111 cm³/mol. The molecule has 0 aliphatic carbocycles. The van der Waals surface area contributed by atoms with E-state index in [1.54, 1.807) is 16.7 Å². The molecule has 0 atom stereocenters. The Kier molecular flexibility index (Phi) is 4.26. The topological polar surface area (TPSA) is 43.1 Å². The maximum absolute atomic E-state index is 12.8. The molecule has 5 nitrogen and oxygen atoms in total. The number of halogens is 1. The molecule has 0 radical (unpaired) electrons. The third-order valence-corrected chi connectivity index (χ3v) is 5.54. The summed E-state index contributed by atoms with van der Waals surface area (Å²) in [4.78, 5) is 15.1. The Bertz CT molecular complexity index is 1200. The fourth-order valence-electron chi connectivity index (χ4n) is 3.86. The van der Waals surface area contributed by atoms with Crippen molar-refractivity contribution in [2.45, 2.75) is 19.6 Å². The minimum atomic E-state index is -0.0952. The maximum atomic E-state index is 12.8. The Hall–Kier alpha value is -2.89. The van der Waals surface area contributed by atoms with Crippen molar-refractivity contribution in [3.8, 4) is 5.69 Å². The van der Waals surface area contributed by atoms with E-state index >= 15 is 0 Å². The molecule has 0 amide bonds. The Morgan fingerprint density at radius 1 is 0.929 bits per heavy atom. The molecule has 0 saturated heterocycles. The van der Waals surface area contributed by atoms with Crippen LogP contribution in [0.2, 0.25) is 5.02 Å². The normalized spacial score (nSPS) is 14.3. The van der Waals surface area contributed by atoms with E-state index in [-0.39, 0.29) is 5.69 Å². The fourth-order valence-corrected chi connectivity index (χ4v) is 3.98. The first-order valence-electron chi connectivity index (χ1n) is 9.33. The van der Waals surface area contributed by atoms with Crippen LogP contribution in [0.1, 0.15) is 11.4 Å². The Balaban J connectivity index is 1.43. The van der Waals surface area contributed by atoms with Gasteiger partial charge >= 0.3 is 5.69 Å². The molecule has 2 heterocycles. The first-order valence-corrected chi connectivity index (χ1v) is 9.70. The molecule has 0 unspecified atom stereocenters. The van der Waals surface area contributed by atoms with Crippen molar-refractivity contribution in [1.82, 2.24) is 19.2 Å². The standard InChI is InChI=1S/C22H19ClN4O/c23-18-8-10-19(11-9-18)27-22(28)26-13-12-25(15-21(26)24-27)14-17-6-3-5-16-4-1-2-7-20(16)17/h1-11H,12-15H2. The summed E-state index contributed by atoms with van der Waals surface area (Å²) in [7, 11) is 0. The first-order chi connectivity index (χ1) is 13.7. The van der Waals surface area contributed by atoms with Gasteiger partial charge in [0.2, 0.25) is 0 Å². The molecule has 0 bridgehead atoms. The molecular formula is C22H19ClN4O. The van der Waals surface area contributed by atoms with E-state index in [2.05, 4.69) is 52.5 Å². The molecule has 1 aliphatic heterocycles. The Morgan fingerprint density at radius 2 is 1.71 bits per heavy atom. The highest BCUT2D eigenvalue weighted by Crippen LogP contribution is 2.22. The van der Waals surface area contributed by atoms with Crippen molar-refractivity contribution in [2.75, 3.05) is 6.54 Å². The molecule has 3 aromatic carbocycles. The molecule has 0 spiro atoms. The number of nitrogens with zero attached hydrogens (tertiary/aromatic N) is 4. The predicted octanol–water partition coefficient (Wildman–Crippen LogP) is 3.86. The van der Waals surface area contributed by atoms with E-state index < -0.39 is 0 Å². The van der Waals surface area contributed by atoms with Crippen molar-refractivity contribution >= 4 is 22.4 Å². The lowest BCUT2D eigenvalue weighted by Crippen LogP contribution is -2.37. The van der Waals surface area contributed by atoms with Crippen molar-refractivity contribution in [1.29, 1.82) is 0 Å². The third kappa shape index (κ3) is 3.03. The van der Waals surface area contributed by atoms with E-state index in [0.29, 0.717) is 18.1 Å². The fraction of sp³-hybridized carbons (Fsp3) is 0.182. The summed E-state index contributed by atoms with van der Waals surface area (Å²) in [5, 5.41) is 7.76. The molecule has 140 valence electrons. The quantitative estimate of drug-likeness (QED) is 0.533. The van der Waals surface area contributed by atoms with Gasteiger partial charge in [-0.15, -0.1) is 5.10 Å². The average Bonchev–Trinajstić information content (AvgIpc) is 3.05. The second kappa shape index (κ2) is 6.93. The van der Waals surface area contributed by atoms with Gasteiger partial charge in [-0.2, -0.15) is 4.68 Å². The highest BCUT2D eigenvalue weighted by molar-refractivity contribution is 6.30. The van der Waals surface area contributed by atoms with Crippen LogP contribution in [0.25, 0.3) is 16.5 Å². The molecule has 0 fully saturated rings. The Labute approximate surface area is 167 Å². The minimum Gasteiger partial charge on any atom is -0.290 e. The molecule has 5 rings (SSSR count). The molecule has 0 saturated carbocycles. The maximum Gasteiger partial charge on any atom is 0.350 e. The molecule has 0 N–H and O–H groups in total. The summed E-state index contributed by atoms with van der Waals surface area (Å²) >= 11 is 5.96. The number of hydrogen-bond donors (Lipinski definition) is 0. The van der Waals surface area contributed by atoms with E-state index in [1.165, 1.54) is 21.0 Å². The van der Waals surface area contributed by atoms with Gasteiger partial charge in [-0.3, -0.25) is 9.47 Å². The van der Waals surface area contributed by atoms with Gasteiger partial charge in [0.25, 0.3) is 0 Å². The number of hydrogen-bond acceptors (Lipinski definition) is 3. The molecular weight excluding hydrogens is 372 g/mol. The van der Waals surface area contributed by atoms with Crippen LogP contribution >= 0.6 is 11.6 Å². The van der Waals surface area contributed by atoms with Crippen molar-refractivity contribution in [3.05, 3.63) is 93.6 Å². The van der Waals surface area contributed by atoms with Crippen LogP contribution in [-0.4, -0.2) is 25.8 Å². The highest BCUT2D eigenvalue weighted by atomic mass is 35.5. The second-order valence-corrected chi connectivity index (χ2v) is 7.52. The van der Waals surface area contributed by atoms with Crippen LogP contribution in [0.3, 0.4) is 0 Å². The van der Waals surface area contributed by atoms with Gasteiger partial charge in [-0.05, 0) is 40.6 Å². The van der Waals surface area contributed by atoms with Crippen molar-refractivity contribution < 1.29 is 0 Å². The summed E-state index contributed by atoms with van der Waals surface area (Å²) in [5.74, 6) is 0.798. The number of rotatable bonds is 3. The average molecular weight is 391 g/mol. The van der Waals surface area contributed by atoms with Crippen molar-refractivity contribution in [2.24, 2.45) is 0 Å². The van der Waals surface area contributed by atoms with Gasteiger partial charge in [-0.1, -0.05) is 54.1 Å². The smallest absolute Gasteiger partial charge is 0.290 e. The third-order valence-electron chi connectivity index (χ3n) is 5.29. The van der Waals surface area contributed by atoms with Gasteiger partial charge in [0.1, 0.15) is 5.82 Å². The highest BCUT2D eigenvalue weighted by Gasteiger charge is 2.22. The van der Waals surface area contributed by atoms with E-state index in [9.17, 15) is 4.79 Å². The zero-order chi connectivity index (χ0) is 19.1. The zero-order valence-corrected chi connectivity index (χ0v) is 16.0. The van der Waals surface area contributed by atoms with E-state index in [4.69, 9.17) is 11.6 Å². The summed E-state index contributed by atoms with van der Waals surface area (Å²) < 4.78 is 3.24. The summed E-state index contributed by atoms with van der Waals surface area (Å²) in [5.41, 5.74) is 1.94. The van der Waals surface area contributed by atoms with Crippen LogP contribution in [0, 0.1) is 0 Å².